The van der Waals surface area contributed by atoms with E-state index >= 15 is 0 Å². The van der Waals surface area contributed by atoms with Crippen LogP contribution in [0.5, 0.6) is 0 Å². The number of methoxy groups -OCH3 is 1. The van der Waals surface area contributed by atoms with Crippen LogP contribution >= 0.6 is 11.8 Å². The summed E-state index contributed by atoms with van der Waals surface area (Å²) < 4.78 is 7.05. The minimum Gasteiger partial charge on any atom is -0.383 e. The smallest absolute Gasteiger partial charge is 0.140 e. The highest BCUT2D eigenvalue weighted by atomic mass is 32.2. The third-order valence-corrected chi connectivity index (χ3v) is 4.91. The molecular formula is C15H20N4OS. The van der Waals surface area contributed by atoms with Crippen LogP contribution in [0.15, 0.2) is 35.5 Å². The Morgan fingerprint density at radius 3 is 3.24 bits per heavy atom. The molecule has 1 atom stereocenters. The fraction of sp³-hybridized carbons (Fsp3) is 0.467. The lowest BCUT2D eigenvalue weighted by molar-refractivity contribution is 0.198. The van der Waals surface area contributed by atoms with E-state index in [0.717, 1.165) is 31.2 Å². The standard InChI is InChI=1S/C15H20N4OS/c1-20-7-6-16-8-15-17-11-18-19(15)9-12-10-21-14-5-3-2-4-13(12)14/h2-5,11-12,16H,6-10H2,1H3. The lowest BCUT2D eigenvalue weighted by Crippen LogP contribution is -2.22. The van der Waals surface area contributed by atoms with E-state index in [1.165, 1.54) is 10.5 Å². The predicted molar refractivity (Wildman–Crippen MR) is 83.5 cm³/mol. The minimum absolute atomic E-state index is 0.519. The van der Waals surface area contributed by atoms with Crippen LogP contribution in [0.1, 0.15) is 17.3 Å². The summed E-state index contributed by atoms with van der Waals surface area (Å²) >= 11 is 1.93. The fourth-order valence-corrected chi connectivity index (χ4v) is 3.78. The zero-order valence-electron chi connectivity index (χ0n) is 12.2. The molecule has 1 N–H and O–H groups in total. The Bertz CT molecular complexity index is 587. The van der Waals surface area contributed by atoms with E-state index < -0.39 is 0 Å². The SMILES string of the molecule is COCCNCc1ncnn1CC1CSc2ccccc21. The molecule has 0 radical (unpaired) electrons. The van der Waals surface area contributed by atoms with Crippen molar-refractivity contribution in [1.29, 1.82) is 0 Å². The van der Waals surface area contributed by atoms with Gasteiger partial charge in [0.15, 0.2) is 0 Å². The normalized spacial score (nSPS) is 17.1. The summed E-state index contributed by atoms with van der Waals surface area (Å²) in [6, 6.07) is 8.66. The molecule has 0 saturated heterocycles. The van der Waals surface area contributed by atoms with E-state index in [1.807, 2.05) is 16.4 Å². The third kappa shape index (κ3) is 3.45. The van der Waals surface area contributed by atoms with Gasteiger partial charge in [-0.25, -0.2) is 9.67 Å². The van der Waals surface area contributed by atoms with Gasteiger partial charge in [-0.2, -0.15) is 5.10 Å². The maximum absolute atomic E-state index is 5.03. The molecule has 5 nitrogen and oxygen atoms in total. The van der Waals surface area contributed by atoms with Gasteiger partial charge in [-0.1, -0.05) is 18.2 Å². The first-order valence-electron chi connectivity index (χ1n) is 7.16. The van der Waals surface area contributed by atoms with Crippen LogP contribution in [0.3, 0.4) is 0 Å². The Kier molecular flexibility index (Phi) is 4.90. The molecule has 112 valence electrons. The maximum atomic E-state index is 5.03. The highest BCUT2D eigenvalue weighted by Gasteiger charge is 2.24. The first-order valence-corrected chi connectivity index (χ1v) is 8.15. The number of ether oxygens (including phenoxy) is 1. The van der Waals surface area contributed by atoms with Crippen LogP contribution in [0, 0.1) is 0 Å². The van der Waals surface area contributed by atoms with Crippen molar-refractivity contribution in [3.05, 3.63) is 42.0 Å². The number of aromatic nitrogens is 3. The van der Waals surface area contributed by atoms with Gasteiger partial charge in [0.25, 0.3) is 0 Å². The van der Waals surface area contributed by atoms with Gasteiger partial charge in [-0.05, 0) is 11.6 Å². The van der Waals surface area contributed by atoms with E-state index in [-0.39, 0.29) is 0 Å². The second kappa shape index (κ2) is 7.06. The number of fused-ring (bicyclic) bond motifs is 1. The van der Waals surface area contributed by atoms with Crippen molar-refractivity contribution in [2.75, 3.05) is 26.0 Å². The van der Waals surface area contributed by atoms with Gasteiger partial charge >= 0.3 is 0 Å². The Morgan fingerprint density at radius 1 is 1.43 bits per heavy atom. The average molecular weight is 304 g/mol. The van der Waals surface area contributed by atoms with Crippen molar-refractivity contribution in [3.8, 4) is 0 Å². The summed E-state index contributed by atoms with van der Waals surface area (Å²) in [7, 11) is 1.71. The summed E-state index contributed by atoms with van der Waals surface area (Å²) in [6.07, 6.45) is 1.64. The maximum Gasteiger partial charge on any atom is 0.140 e. The van der Waals surface area contributed by atoms with Gasteiger partial charge in [0.2, 0.25) is 0 Å². The lowest BCUT2D eigenvalue weighted by Gasteiger charge is -2.13. The van der Waals surface area contributed by atoms with E-state index in [4.69, 9.17) is 4.74 Å². The largest absolute Gasteiger partial charge is 0.383 e. The first kappa shape index (κ1) is 14.6. The average Bonchev–Trinajstić information content (AvgIpc) is 3.12. The number of nitrogens with one attached hydrogen (secondary N) is 1. The molecule has 2 aromatic rings. The highest BCUT2D eigenvalue weighted by Crippen LogP contribution is 2.39. The van der Waals surface area contributed by atoms with Gasteiger partial charge in [-0.3, -0.25) is 0 Å². The second-order valence-electron chi connectivity index (χ2n) is 5.07. The van der Waals surface area contributed by atoms with E-state index in [1.54, 1.807) is 13.4 Å². The van der Waals surface area contributed by atoms with Crippen molar-refractivity contribution < 1.29 is 4.74 Å². The van der Waals surface area contributed by atoms with Gasteiger partial charge in [0.1, 0.15) is 12.2 Å². The highest BCUT2D eigenvalue weighted by molar-refractivity contribution is 7.99. The second-order valence-corrected chi connectivity index (χ2v) is 6.14. The number of rotatable bonds is 7. The third-order valence-electron chi connectivity index (χ3n) is 3.65. The molecule has 3 rings (SSSR count). The topological polar surface area (TPSA) is 52.0 Å². The van der Waals surface area contributed by atoms with Gasteiger partial charge in [0, 0.05) is 30.2 Å². The van der Waals surface area contributed by atoms with Gasteiger partial charge in [0.05, 0.1) is 19.7 Å². The summed E-state index contributed by atoms with van der Waals surface area (Å²) in [5.41, 5.74) is 1.44. The quantitative estimate of drug-likeness (QED) is 0.792. The summed E-state index contributed by atoms with van der Waals surface area (Å²) in [5, 5.41) is 7.70. The van der Waals surface area contributed by atoms with Crippen molar-refractivity contribution in [3.63, 3.8) is 0 Å². The molecule has 0 amide bonds. The molecule has 0 fully saturated rings. The van der Waals surface area contributed by atoms with Gasteiger partial charge < -0.3 is 10.1 Å². The molecule has 1 unspecified atom stereocenters. The Labute approximate surface area is 129 Å². The van der Waals surface area contributed by atoms with E-state index in [0.29, 0.717) is 12.5 Å². The molecule has 1 aromatic heterocycles. The van der Waals surface area contributed by atoms with Crippen LogP contribution in [0.4, 0.5) is 0 Å². The van der Waals surface area contributed by atoms with Crippen molar-refractivity contribution in [2.24, 2.45) is 0 Å². The molecule has 21 heavy (non-hydrogen) atoms. The summed E-state index contributed by atoms with van der Waals surface area (Å²) in [6.45, 7) is 3.16. The Hall–Kier alpha value is -1.37. The van der Waals surface area contributed by atoms with Crippen LogP contribution in [-0.2, 0) is 17.8 Å². The zero-order valence-corrected chi connectivity index (χ0v) is 13.0. The van der Waals surface area contributed by atoms with E-state index in [2.05, 4.69) is 39.7 Å². The molecule has 0 spiro atoms. The number of hydrogen-bond donors (Lipinski definition) is 1. The van der Waals surface area contributed by atoms with Crippen LogP contribution < -0.4 is 5.32 Å². The van der Waals surface area contributed by atoms with Crippen molar-refractivity contribution in [1.82, 2.24) is 20.1 Å². The molecule has 0 aliphatic carbocycles. The van der Waals surface area contributed by atoms with Crippen LogP contribution in [-0.4, -0.2) is 40.8 Å². The van der Waals surface area contributed by atoms with Gasteiger partial charge in [-0.15, -0.1) is 11.8 Å². The first-order chi connectivity index (χ1) is 10.4. The predicted octanol–water partition coefficient (Wildman–Crippen LogP) is 1.90. The zero-order chi connectivity index (χ0) is 14.5. The van der Waals surface area contributed by atoms with Crippen LogP contribution in [0.2, 0.25) is 0 Å². The number of hydrogen-bond acceptors (Lipinski definition) is 5. The lowest BCUT2D eigenvalue weighted by atomic mass is 10.0. The number of nitrogens with zero attached hydrogens (tertiary/aromatic N) is 3. The molecule has 1 aromatic carbocycles. The van der Waals surface area contributed by atoms with Crippen LogP contribution in [0.25, 0.3) is 0 Å². The monoisotopic (exact) mass is 304 g/mol. The molecule has 0 bridgehead atoms. The fourth-order valence-electron chi connectivity index (χ4n) is 2.54. The molecule has 2 heterocycles. The van der Waals surface area contributed by atoms with Crippen molar-refractivity contribution >= 4 is 11.8 Å². The molecule has 6 heteroatoms. The summed E-state index contributed by atoms with van der Waals surface area (Å²) in [4.78, 5) is 5.76. The Balaban J connectivity index is 1.63. The summed E-state index contributed by atoms with van der Waals surface area (Å²) in [5.74, 6) is 2.63. The minimum atomic E-state index is 0.519. The molecule has 0 saturated carbocycles. The molecular weight excluding hydrogens is 284 g/mol. The molecule has 1 aliphatic heterocycles. The number of benzene rings is 1. The molecule has 1 aliphatic rings. The van der Waals surface area contributed by atoms with Crippen molar-refractivity contribution in [2.45, 2.75) is 23.9 Å². The van der Waals surface area contributed by atoms with E-state index in [9.17, 15) is 0 Å². The number of thioether (sulfide) groups is 1. The Morgan fingerprint density at radius 2 is 2.33 bits per heavy atom.